The van der Waals surface area contributed by atoms with Gasteiger partial charge < -0.3 is 71.5 Å². The molecule has 0 radical (unpaired) electrons. The first-order valence-electron chi connectivity index (χ1n) is 19.8. The van der Waals surface area contributed by atoms with Crippen molar-refractivity contribution in [2.75, 3.05) is 33.0 Å². The maximum Gasteiger partial charge on any atom is 0.394 e. The molecule has 1 saturated carbocycles. The second-order valence-corrected chi connectivity index (χ2v) is 15.8. The summed E-state index contributed by atoms with van der Waals surface area (Å²) < 4.78 is 33.1. The van der Waals surface area contributed by atoms with Gasteiger partial charge >= 0.3 is 125 Å². The van der Waals surface area contributed by atoms with Crippen LogP contribution in [0.25, 0.3) is 0 Å². The van der Waals surface area contributed by atoms with E-state index in [-0.39, 0.29) is 25.9 Å². The van der Waals surface area contributed by atoms with E-state index in [1.54, 1.807) is 6.92 Å². The molecule has 16 N–H and O–H groups in total. The van der Waals surface area contributed by atoms with Gasteiger partial charge in [0.25, 0.3) is 0 Å². The Labute approximate surface area is 362 Å². The number of hydrogen-bond donors (Lipinski definition) is 16. The first-order chi connectivity index (χ1) is 26.8. The van der Waals surface area contributed by atoms with Crippen molar-refractivity contribution in [3.05, 3.63) is 0 Å². The molecule has 0 aliphatic heterocycles. The van der Waals surface area contributed by atoms with Crippen LogP contribution in [0.5, 0.6) is 0 Å². The van der Waals surface area contributed by atoms with Gasteiger partial charge in [0.1, 0.15) is 24.4 Å². The van der Waals surface area contributed by atoms with E-state index in [1.807, 2.05) is 0 Å². The number of aliphatic hydroxyl groups excluding tert-OH is 12. The van der Waals surface area contributed by atoms with E-state index in [1.165, 1.54) is 109 Å². The third-order valence-corrected chi connectivity index (χ3v) is 8.79. The molecule has 0 aromatic heterocycles. The molecule has 0 aromatic rings. The second kappa shape index (κ2) is 47.4. The number of carboxylic acids is 2. The summed E-state index contributed by atoms with van der Waals surface area (Å²) in [6, 6.07) is 0. The fraction of sp³-hybridized carbons (Fsp3) is 0.944. The zero-order valence-electron chi connectivity index (χ0n) is 35.4. The summed E-state index contributed by atoms with van der Waals surface area (Å²) in [5.74, 6) is -1.59. The van der Waals surface area contributed by atoms with Crippen LogP contribution < -0.4 is 0 Å². The molecule has 7 atom stereocenters. The minimum atomic E-state index is -4.67. The van der Waals surface area contributed by atoms with Crippen LogP contribution in [-0.2, 0) is 20.0 Å². The summed E-state index contributed by atoms with van der Waals surface area (Å²) in [4.78, 5) is 19.5. The third kappa shape index (κ3) is 55.3. The van der Waals surface area contributed by atoms with Gasteiger partial charge in [-0.3, -0.25) is 9.11 Å². The smallest absolute Gasteiger partial charge is 0.394 e. The Bertz CT molecular complexity index is 931. The average Bonchev–Trinajstić information content (AvgIpc) is 3.15. The van der Waals surface area contributed by atoms with Crippen LogP contribution >= 0.6 is 0 Å². The Kier molecular flexibility index (Phi) is 56.4. The van der Waals surface area contributed by atoms with Crippen LogP contribution in [-0.4, -0.2) is 205 Å². The topological polar surface area (TPSA) is 392 Å². The summed E-state index contributed by atoms with van der Waals surface area (Å²) in [6.45, 7) is 8.87. The zero-order valence-corrected chi connectivity index (χ0v) is 38.2. The van der Waals surface area contributed by atoms with Gasteiger partial charge in [-0.1, -0.05) is 27.2 Å². The van der Waals surface area contributed by atoms with Crippen LogP contribution in [0, 0.1) is 17.8 Å². The van der Waals surface area contributed by atoms with E-state index in [2.05, 4.69) is 27.7 Å². The molecule has 0 bridgehead atoms. The molecule has 1 rings (SSSR count). The largest absolute Gasteiger partial charge is 0.479 e. The van der Waals surface area contributed by atoms with Crippen LogP contribution in [0.15, 0.2) is 0 Å². The summed E-state index contributed by atoms with van der Waals surface area (Å²) in [5.41, 5.74) is 0. The summed E-state index contributed by atoms with van der Waals surface area (Å²) >= 11 is 1.41. The molecule has 20 nitrogen and oxygen atoms in total. The predicted octanol–water partition coefficient (Wildman–Crippen LogP) is -0.458. The van der Waals surface area contributed by atoms with Gasteiger partial charge in [-0.15, -0.1) is 0 Å². The molecule has 1 fully saturated rings. The van der Waals surface area contributed by atoms with E-state index in [4.69, 9.17) is 83.9 Å². The number of aliphatic carboxylic acids is 2. The fourth-order valence-electron chi connectivity index (χ4n) is 4.69. The normalized spacial score (nSPS) is 18.4. The first-order valence-corrected chi connectivity index (χ1v) is 22.6. The number of rotatable bonds is 20. The zero-order chi connectivity index (χ0) is 46.9. The van der Waals surface area contributed by atoms with E-state index in [0.29, 0.717) is 11.8 Å². The molecule has 7 unspecified atom stereocenters. The molecule has 0 spiro atoms. The van der Waals surface area contributed by atoms with Crippen molar-refractivity contribution in [3.63, 3.8) is 0 Å². The van der Waals surface area contributed by atoms with Gasteiger partial charge in [0.2, 0.25) is 0 Å². The molecule has 0 aromatic carbocycles. The standard InChI is InChI=1S/C12H25.C10H20O.C5H12O5.C4H6O6.C3H8O3.C2H6O.Na.H2O4S/c1-3-5-7-9-11-12-10-8-6-4-2;1-7(2)9-5-4-8(3)6-10(9)11;6-1-3(8)5(10)4(9)2-7;5-1(3(7)8)2(6)4(9)10;4-1-3(6)2-5;1-2-3;;1-5(2,3)4/h1,3-12H2,2H3;7-11H,4-6H2,1-3H3;3-10H,1-2H2;1-2,5-6H,(H,7,8)(H,9,10);3-6H,1-2H2;3H,2H2,1H3;;(H2,1,2,3,4). The fourth-order valence-corrected chi connectivity index (χ4v) is 5.19. The van der Waals surface area contributed by atoms with E-state index in [0.717, 1.165) is 12.3 Å². The van der Waals surface area contributed by atoms with Crippen molar-refractivity contribution in [3.8, 4) is 0 Å². The average molecular weight is 887 g/mol. The summed E-state index contributed by atoms with van der Waals surface area (Å²) in [7, 11) is -4.67. The van der Waals surface area contributed by atoms with Gasteiger partial charge in [-0.25, -0.2) is 9.59 Å². The van der Waals surface area contributed by atoms with Gasteiger partial charge in [-0.2, -0.15) is 8.42 Å². The number of hydrogen-bond acceptors (Lipinski definition) is 16. The molecule has 58 heavy (non-hydrogen) atoms. The summed E-state index contributed by atoms with van der Waals surface area (Å²) in [6.07, 6.45) is 8.48. The number of carboxylic acid groups (broad SMARTS) is 2. The molecule has 22 heteroatoms. The molecule has 350 valence electrons. The third-order valence-electron chi connectivity index (χ3n) is 8.08. The molecule has 1 aliphatic carbocycles. The monoisotopic (exact) mass is 886 g/mol. The second-order valence-electron chi connectivity index (χ2n) is 13.9. The maximum atomic E-state index is 9.77. The first kappa shape index (κ1) is 69.0. The van der Waals surface area contributed by atoms with Crippen molar-refractivity contribution in [1.82, 2.24) is 0 Å². The van der Waals surface area contributed by atoms with Gasteiger partial charge in [0, 0.05) is 6.61 Å². The predicted molar refractivity (Wildman–Crippen MR) is 216 cm³/mol. The molecule has 0 heterocycles. The van der Waals surface area contributed by atoms with E-state index >= 15 is 0 Å². The Balaban J connectivity index is -0.000000141. The van der Waals surface area contributed by atoms with Crippen molar-refractivity contribution < 1.29 is 98.6 Å². The Hall–Kier alpha value is -0.670. The minimum absolute atomic E-state index is 0.0289. The van der Waals surface area contributed by atoms with Gasteiger partial charge in [0.15, 0.2) is 12.2 Å². The van der Waals surface area contributed by atoms with Gasteiger partial charge in [-0.05, 0) is 37.5 Å². The van der Waals surface area contributed by atoms with Crippen molar-refractivity contribution in [2.45, 2.75) is 164 Å². The summed E-state index contributed by atoms with van der Waals surface area (Å²) in [5, 5.41) is 116. The Morgan fingerprint density at radius 1 is 0.655 bits per heavy atom. The molecule has 1 aliphatic rings. The van der Waals surface area contributed by atoms with Crippen LogP contribution in [0.1, 0.15) is 118 Å². The van der Waals surface area contributed by atoms with E-state index < -0.39 is 72.2 Å². The van der Waals surface area contributed by atoms with Crippen LogP contribution in [0.4, 0.5) is 0 Å². The molecular weight excluding hydrogens is 807 g/mol. The number of unbranched alkanes of at least 4 members (excludes halogenated alkanes) is 9. The quantitative estimate of drug-likeness (QED) is 0.0418. The molecule has 0 amide bonds. The number of carbonyl (C=O) groups is 2. The number of aliphatic hydroxyl groups is 12. The van der Waals surface area contributed by atoms with Crippen LogP contribution in [0.3, 0.4) is 0 Å². The Morgan fingerprint density at radius 3 is 1.21 bits per heavy atom. The molecular formula is C36H79NaO20S. The maximum absolute atomic E-state index is 9.77. The minimum Gasteiger partial charge on any atom is -0.479 e. The van der Waals surface area contributed by atoms with Gasteiger partial charge in [0.05, 0.1) is 32.5 Å². The van der Waals surface area contributed by atoms with Crippen LogP contribution in [0.2, 0.25) is 3.67 Å². The van der Waals surface area contributed by atoms with Crippen molar-refractivity contribution >= 4 is 50.3 Å². The SMILES string of the molecule is CC1CCC(C(C)C)C(O)C1.CCCCCCCCCCC[CH2][Na].CCO.O=C(O)C(O)C(O)C(=O)O.O=S(=O)(O)O.OCC(O)C(O)C(O)CO.OCC(O)CO. The van der Waals surface area contributed by atoms with Crippen molar-refractivity contribution in [1.29, 1.82) is 0 Å². The van der Waals surface area contributed by atoms with E-state index in [9.17, 15) is 14.7 Å². The van der Waals surface area contributed by atoms with Crippen molar-refractivity contribution in [2.24, 2.45) is 17.8 Å². The molecule has 0 saturated heterocycles. The Morgan fingerprint density at radius 2 is 0.983 bits per heavy atom.